The fraction of sp³-hybridized carbons (Fsp3) is 0.444. The van der Waals surface area contributed by atoms with Crippen molar-refractivity contribution >= 4 is 34.5 Å². The number of ether oxygens (including phenoxy) is 1. The van der Waals surface area contributed by atoms with Gasteiger partial charge in [-0.25, -0.2) is 4.79 Å². The number of carbonyl (C=O) groups excluding carboxylic acids is 2. The molecule has 6 nitrogen and oxygen atoms in total. The van der Waals surface area contributed by atoms with Crippen LogP contribution in [0.1, 0.15) is 37.7 Å². The van der Waals surface area contributed by atoms with Crippen LogP contribution in [0.4, 0.5) is 4.79 Å². The molecule has 1 aliphatic heterocycles. The molecule has 2 amide bonds. The standard InChI is InChI=1S/C18H22ClN3O3/c1-18(2,3)25-17(24)20-13-6-7-22(10-13)16(23)15-9-11-8-12(19)4-5-14(11)21-15/h4-5,8-9,13,21H,6-7,10H2,1-3H3,(H,20,24). The maximum Gasteiger partial charge on any atom is 0.407 e. The number of aromatic nitrogens is 1. The SMILES string of the molecule is CC(C)(C)OC(=O)NC1CCN(C(=O)c2cc3cc(Cl)ccc3[nH]2)C1. The van der Waals surface area contributed by atoms with Gasteiger partial charge in [-0.05, 0) is 51.5 Å². The van der Waals surface area contributed by atoms with Gasteiger partial charge >= 0.3 is 6.09 Å². The van der Waals surface area contributed by atoms with Gasteiger partial charge in [0.2, 0.25) is 0 Å². The maximum absolute atomic E-state index is 12.7. The Morgan fingerprint density at radius 1 is 1.32 bits per heavy atom. The second-order valence-corrected chi connectivity index (χ2v) is 7.73. The summed E-state index contributed by atoms with van der Waals surface area (Å²) in [5, 5.41) is 4.36. The smallest absolute Gasteiger partial charge is 0.407 e. The number of alkyl carbamates (subject to hydrolysis) is 1. The molecule has 3 rings (SSSR count). The van der Waals surface area contributed by atoms with Gasteiger partial charge in [-0.3, -0.25) is 4.79 Å². The van der Waals surface area contributed by atoms with Crippen molar-refractivity contribution in [3.63, 3.8) is 0 Å². The molecule has 1 aliphatic rings. The largest absolute Gasteiger partial charge is 0.444 e. The van der Waals surface area contributed by atoms with E-state index in [1.807, 2.05) is 32.9 Å². The molecule has 0 aliphatic carbocycles. The fourth-order valence-corrected chi connectivity index (χ4v) is 3.11. The second-order valence-electron chi connectivity index (χ2n) is 7.30. The Morgan fingerprint density at radius 3 is 2.80 bits per heavy atom. The van der Waals surface area contributed by atoms with Crippen LogP contribution in [0.3, 0.4) is 0 Å². The summed E-state index contributed by atoms with van der Waals surface area (Å²) in [7, 11) is 0. The number of fused-ring (bicyclic) bond motifs is 1. The zero-order chi connectivity index (χ0) is 18.2. The lowest BCUT2D eigenvalue weighted by atomic mass is 10.2. The molecule has 0 bridgehead atoms. The lowest BCUT2D eigenvalue weighted by Crippen LogP contribution is -2.41. The highest BCUT2D eigenvalue weighted by Gasteiger charge is 2.30. The number of rotatable bonds is 2. The molecule has 0 saturated carbocycles. The van der Waals surface area contributed by atoms with E-state index in [1.165, 1.54) is 0 Å². The number of nitrogens with zero attached hydrogens (tertiary/aromatic N) is 1. The van der Waals surface area contributed by atoms with Crippen LogP contribution in [0.25, 0.3) is 10.9 Å². The molecule has 1 atom stereocenters. The minimum absolute atomic E-state index is 0.0826. The molecule has 1 unspecified atom stereocenters. The molecular weight excluding hydrogens is 342 g/mol. The number of carbonyl (C=O) groups is 2. The Balaban J connectivity index is 1.62. The third kappa shape index (κ3) is 4.25. The molecular formula is C18H22ClN3O3. The van der Waals surface area contributed by atoms with E-state index < -0.39 is 11.7 Å². The van der Waals surface area contributed by atoms with E-state index in [9.17, 15) is 9.59 Å². The molecule has 1 aromatic carbocycles. The molecule has 25 heavy (non-hydrogen) atoms. The van der Waals surface area contributed by atoms with Gasteiger partial charge in [-0.1, -0.05) is 11.6 Å². The molecule has 2 N–H and O–H groups in total. The van der Waals surface area contributed by atoms with E-state index in [-0.39, 0.29) is 11.9 Å². The third-order valence-electron chi connectivity index (χ3n) is 4.01. The monoisotopic (exact) mass is 363 g/mol. The molecule has 7 heteroatoms. The van der Waals surface area contributed by atoms with Gasteiger partial charge in [-0.2, -0.15) is 0 Å². The van der Waals surface area contributed by atoms with Crippen LogP contribution in [-0.2, 0) is 4.74 Å². The highest BCUT2D eigenvalue weighted by Crippen LogP contribution is 2.22. The van der Waals surface area contributed by atoms with Crippen LogP contribution in [-0.4, -0.2) is 46.6 Å². The Kier molecular flexibility index (Phi) is 4.64. The summed E-state index contributed by atoms with van der Waals surface area (Å²) < 4.78 is 5.26. The van der Waals surface area contributed by atoms with Crippen molar-refractivity contribution < 1.29 is 14.3 Å². The topological polar surface area (TPSA) is 74.4 Å². The zero-order valence-electron chi connectivity index (χ0n) is 14.6. The molecule has 1 aromatic heterocycles. The van der Waals surface area contributed by atoms with E-state index in [0.29, 0.717) is 30.2 Å². The van der Waals surface area contributed by atoms with Gasteiger partial charge in [0.25, 0.3) is 5.91 Å². The van der Waals surface area contributed by atoms with Crippen molar-refractivity contribution in [2.75, 3.05) is 13.1 Å². The Labute approximate surface area is 151 Å². The Bertz CT molecular complexity index is 809. The number of nitrogens with one attached hydrogen (secondary N) is 2. The zero-order valence-corrected chi connectivity index (χ0v) is 15.3. The predicted molar refractivity (Wildman–Crippen MR) is 97.0 cm³/mol. The van der Waals surface area contributed by atoms with Gasteiger partial charge in [0.05, 0.1) is 6.04 Å². The molecule has 1 saturated heterocycles. The van der Waals surface area contributed by atoms with Gasteiger partial charge in [0.15, 0.2) is 0 Å². The Morgan fingerprint density at radius 2 is 2.08 bits per heavy atom. The summed E-state index contributed by atoms with van der Waals surface area (Å²) in [5.41, 5.74) is 0.856. The first-order chi connectivity index (χ1) is 11.7. The van der Waals surface area contributed by atoms with Gasteiger partial charge in [-0.15, -0.1) is 0 Å². The summed E-state index contributed by atoms with van der Waals surface area (Å²) in [5.74, 6) is -0.0826. The number of amides is 2. The highest BCUT2D eigenvalue weighted by molar-refractivity contribution is 6.31. The van der Waals surface area contributed by atoms with Gasteiger partial charge in [0, 0.05) is 29.0 Å². The van der Waals surface area contributed by atoms with Crippen molar-refractivity contribution in [3.05, 3.63) is 35.0 Å². The first-order valence-electron chi connectivity index (χ1n) is 8.28. The first kappa shape index (κ1) is 17.6. The number of benzene rings is 1. The second kappa shape index (κ2) is 6.59. The van der Waals surface area contributed by atoms with E-state index in [0.717, 1.165) is 10.9 Å². The lowest BCUT2D eigenvalue weighted by molar-refractivity contribution is 0.0502. The van der Waals surface area contributed by atoms with Crippen molar-refractivity contribution in [2.24, 2.45) is 0 Å². The quantitative estimate of drug-likeness (QED) is 0.856. The summed E-state index contributed by atoms with van der Waals surface area (Å²) in [4.78, 5) is 29.4. The fourth-order valence-electron chi connectivity index (χ4n) is 2.93. The first-order valence-corrected chi connectivity index (χ1v) is 8.66. The van der Waals surface area contributed by atoms with Crippen LogP contribution in [0, 0.1) is 0 Å². The van der Waals surface area contributed by atoms with E-state index in [2.05, 4.69) is 10.3 Å². The average molecular weight is 364 g/mol. The Hall–Kier alpha value is -2.21. The predicted octanol–water partition coefficient (Wildman–Crippen LogP) is 3.56. The summed E-state index contributed by atoms with van der Waals surface area (Å²) in [6.07, 6.45) is 0.254. The highest BCUT2D eigenvalue weighted by atomic mass is 35.5. The summed E-state index contributed by atoms with van der Waals surface area (Å²) in [6.45, 7) is 6.52. The van der Waals surface area contributed by atoms with Crippen molar-refractivity contribution in [1.82, 2.24) is 15.2 Å². The minimum Gasteiger partial charge on any atom is -0.444 e. The van der Waals surface area contributed by atoms with Crippen molar-refractivity contribution in [3.8, 4) is 0 Å². The van der Waals surface area contributed by atoms with Crippen LogP contribution in [0.2, 0.25) is 5.02 Å². The van der Waals surface area contributed by atoms with Gasteiger partial charge in [0.1, 0.15) is 11.3 Å². The number of likely N-dealkylation sites (tertiary alicyclic amines) is 1. The molecule has 2 heterocycles. The van der Waals surface area contributed by atoms with E-state index >= 15 is 0 Å². The molecule has 0 radical (unpaired) electrons. The number of hydrogen-bond acceptors (Lipinski definition) is 3. The molecule has 0 spiro atoms. The van der Waals surface area contributed by atoms with Crippen LogP contribution >= 0.6 is 11.6 Å². The van der Waals surface area contributed by atoms with Crippen molar-refractivity contribution in [2.45, 2.75) is 38.8 Å². The number of aromatic amines is 1. The van der Waals surface area contributed by atoms with E-state index in [1.54, 1.807) is 17.0 Å². The summed E-state index contributed by atoms with van der Waals surface area (Å²) >= 11 is 5.99. The van der Waals surface area contributed by atoms with Crippen LogP contribution < -0.4 is 5.32 Å². The van der Waals surface area contributed by atoms with Crippen LogP contribution in [0.5, 0.6) is 0 Å². The number of H-pyrrole nitrogens is 1. The molecule has 134 valence electrons. The molecule has 1 fully saturated rings. The van der Waals surface area contributed by atoms with Crippen LogP contribution in [0.15, 0.2) is 24.3 Å². The molecule has 2 aromatic rings. The van der Waals surface area contributed by atoms with Gasteiger partial charge < -0.3 is 19.9 Å². The third-order valence-corrected chi connectivity index (χ3v) is 4.24. The normalized spacial score (nSPS) is 17.8. The number of halogens is 1. The minimum atomic E-state index is -0.538. The van der Waals surface area contributed by atoms with E-state index in [4.69, 9.17) is 16.3 Å². The average Bonchev–Trinajstić information content (AvgIpc) is 3.10. The van der Waals surface area contributed by atoms with Crippen molar-refractivity contribution in [1.29, 1.82) is 0 Å². The lowest BCUT2D eigenvalue weighted by Gasteiger charge is -2.22. The number of hydrogen-bond donors (Lipinski definition) is 2. The maximum atomic E-state index is 12.7. The summed E-state index contributed by atoms with van der Waals surface area (Å²) in [6, 6.07) is 7.16.